The van der Waals surface area contributed by atoms with Gasteiger partial charge in [0.2, 0.25) is 0 Å². The molecule has 1 rings (SSSR count). The number of aliphatic hydroxyl groups excluding tert-OH is 1. The minimum absolute atomic E-state index is 0.0484. The Bertz CT molecular complexity index is 435. The van der Waals surface area contributed by atoms with Gasteiger partial charge in [0.25, 0.3) is 5.91 Å². The molecule has 2 N–H and O–H groups in total. The normalized spacial score (nSPS) is 12.1. The summed E-state index contributed by atoms with van der Waals surface area (Å²) in [5.41, 5.74) is 1.39. The second-order valence-electron chi connectivity index (χ2n) is 4.76. The zero-order valence-electron chi connectivity index (χ0n) is 12.1. The number of hydrogen-bond acceptors (Lipinski definition) is 4. The van der Waals surface area contributed by atoms with Crippen LogP contribution in [0.25, 0.3) is 0 Å². The molecule has 0 saturated carbocycles. The fourth-order valence-electron chi connectivity index (χ4n) is 1.66. The number of likely N-dealkylation sites (N-methyl/N-ethyl adjacent to an activating group) is 1. The van der Waals surface area contributed by atoms with Gasteiger partial charge in [0.05, 0.1) is 12.6 Å². The highest BCUT2D eigenvalue weighted by molar-refractivity contribution is 5.95. The Morgan fingerprint density at radius 3 is 2.79 bits per heavy atom. The van der Waals surface area contributed by atoms with Gasteiger partial charge in [-0.25, -0.2) is 4.98 Å². The maximum atomic E-state index is 12.3. The number of pyridine rings is 1. The van der Waals surface area contributed by atoms with Gasteiger partial charge in [-0.05, 0) is 32.4 Å². The first-order valence-electron chi connectivity index (χ1n) is 6.60. The minimum atomic E-state index is -0.201. The lowest BCUT2D eigenvalue weighted by Gasteiger charge is -2.23. The van der Waals surface area contributed by atoms with Crippen LogP contribution in [0.4, 0.5) is 5.82 Å². The highest BCUT2D eigenvalue weighted by Gasteiger charge is 2.17. The first-order chi connectivity index (χ1) is 8.99. The molecular formula is C14H23N3O2. The number of aliphatic hydroxyl groups is 1. The fraction of sp³-hybridized carbons (Fsp3) is 0.571. The summed E-state index contributed by atoms with van der Waals surface area (Å²) in [6.07, 6.45) is 1.00. The summed E-state index contributed by atoms with van der Waals surface area (Å²) in [6.45, 7) is 6.53. The van der Waals surface area contributed by atoms with E-state index in [4.69, 9.17) is 5.11 Å². The summed E-state index contributed by atoms with van der Waals surface area (Å²) < 4.78 is 0. The van der Waals surface area contributed by atoms with Crippen molar-refractivity contribution in [1.29, 1.82) is 0 Å². The van der Waals surface area contributed by atoms with E-state index < -0.39 is 0 Å². The molecule has 1 amide bonds. The molecule has 1 aromatic rings. The predicted octanol–water partition coefficient (Wildman–Crippen LogP) is 1.66. The van der Waals surface area contributed by atoms with Crippen LogP contribution in [0.3, 0.4) is 0 Å². The molecule has 0 bridgehead atoms. The Morgan fingerprint density at radius 1 is 1.53 bits per heavy atom. The summed E-state index contributed by atoms with van der Waals surface area (Å²) >= 11 is 0. The van der Waals surface area contributed by atoms with Gasteiger partial charge in [0, 0.05) is 24.8 Å². The Labute approximate surface area is 114 Å². The van der Waals surface area contributed by atoms with Gasteiger partial charge in [0.15, 0.2) is 0 Å². The molecule has 19 heavy (non-hydrogen) atoms. The van der Waals surface area contributed by atoms with Crippen LogP contribution in [0.1, 0.15) is 36.3 Å². The number of carbonyl (C=O) groups is 1. The summed E-state index contributed by atoms with van der Waals surface area (Å²) in [5.74, 6) is 0.613. The number of anilines is 1. The standard InChI is InChI=1S/C14H23N3O2/c1-5-6-15-13-8-12(7-10(2)16-13)14(19)17(4)11(3)9-18/h7-8,11,18H,5-6,9H2,1-4H3,(H,15,16). The quantitative estimate of drug-likeness (QED) is 0.821. The maximum Gasteiger partial charge on any atom is 0.254 e. The van der Waals surface area contributed by atoms with E-state index in [-0.39, 0.29) is 18.6 Å². The smallest absolute Gasteiger partial charge is 0.254 e. The van der Waals surface area contributed by atoms with Crippen molar-refractivity contribution in [2.45, 2.75) is 33.2 Å². The lowest BCUT2D eigenvalue weighted by atomic mass is 10.1. The molecule has 1 heterocycles. The van der Waals surface area contributed by atoms with Gasteiger partial charge >= 0.3 is 0 Å². The molecule has 0 aliphatic heterocycles. The van der Waals surface area contributed by atoms with E-state index >= 15 is 0 Å². The molecule has 5 nitrogen and oxygen atoms in total. The highest BCUT2D eigenvalue weighted by Crippen LogP contribution is 2.13. The number of aryl methyl sites for hydroxylation is 1. The van der Waals surface area contributed by atoms with Crippen molar-refractivity contribution in [2.24, 2.45) is 0 Å². The molecule has 5 heteroatoms. The third-order valence-electron chi connectivity index (χ3n) is 3.00. The van der Waals surface area contributed by atoms with Gasteiger partial charge in [-0.1, -0.05) is 6.92 Å². The highest BCUT2D eigenvalue weighted by atomic mass is 16.3. The number of rotatable bonds is 6. The lowest BCUT2D eigenvalue weighted by Crippen LogP contribution is -2.37. The van der Waals surface area contributed by atoms with Crippen LogP contribution in [0, 0.1) is 6.92 Å². The average Bonchev–Trinajstić information content (AvgIpc) is 2.41. The third kappa shape index (κ3) is 4.21. The Morgan fingerprint density at radius 2 is 2.21 bits per heavy atom. The number of hydrogen-bond donors (Lipinski definition) is 2. The van der Waals surface area contributed by atoms with Crippen LogP contribution in [-0.4, -0.2) is 47.1 Å². The largest absolute Gasteiger partial charge is 0.394 e. The fourth-order valence-corrected chi connectivity index (χ4v) is 1.66. The van der Waals surface area contributed by atoms with Crippen molar-refractivity contribution in [3.63, 3.8) is 0 Å². The summed E-state index contributed by atoms with van der Waals surface area (Å²) in [4.78, 5) is 18.2. The molecule has 0 aromatic carbocycles. The molecule has 106 valence electrons. The summed E-state index contributed by atoms with van der Waals surface area (Å²) in [5, 5.41) is 12.3. The number of amides is 1. The summed E-state index contributed by atoms with van der Waals surface area (Å²) in [6, 6.07) is 3.32. The van der Waals surface area contributed by atoms with Crippen LogP contribution < -0.4 is 5.32 Å². The lowest BCUT2D eigenvalue weighted by molar-refractivity contribution is 0.0682. The van der Waals surface area contributed by atoms with E-state index in [0.717, 1.165) is 24.5 Å². The van der Waals surface area contributed by atoms with E-state index in [2.05, 4.69) is 17.2 Å². The zero-order chi connectivity index (χ0) is 14.4. The Balaban J connectivity index is 2.93. The molecule has 0 aliphatic rings. The van der Waals surface area contributed by atoms with Crippen LogP contribution in [-0.2, 0) is 0 Å². The first-order valence-corrected chi connectivity index (χ1v) is 6.60. The van der Waals surface area contributed by atoms with Crippen LogP contribution in [0.2, 0.25) is 0 Å². The predicted molar refractivity (Wildman–Crippen MR) is 76.4 cm³/mol. The second-order valence-corrected chi connectivity index (χ2v) is 4.76. The van der Waals surface area contributed by atoms with E-state index in [1.807, 2.05) is 13.8 Å². The van der Waals surface area contributed by atoms with Crippen molar-refractivity contribution < 1.29 is 9.90 Å². The monoisotopic (exact) mass is 265 g/mol. The molecule has 0 spiro atoms. The van der Waals surface area contributed by atoms with Crippen LogP contribution in [0.5, 0.6) is 0 Å². The van der Waals surface area contributed by atoms with Crippen molar-refractivity contribution in [3.8, 4) is 0 Å². The molecule has 1 unspecified atom stereocenters. The number of nitrogens with one attached hydrogen (secondary N) is 1. The first kappa shape index (κ1) is 15.4. The number of carbonyl (C=O) groups excluding carboxylic acids is 1. The van der Waals surface area contributed by atoms with Crippen LogP contribution >= 0.6 is 0 Å². The SMILES string of the molecule is CCCNc1cc(C(=O)N(C)C(C)CO)cc(C)n1. The number of aromatic nitrogens is 1. The van der Waals surface area contributed by atoms with E-state index in [9.17, 15) is 4.79 Å². The van der Waals surface area contributed by atoms with Crippen LogP contribution in [0.15, 0.2) is 12.1 Å². The second kappa shape index (κ2) is 7.09. The molecule has 0 saturated heterocycles. The Kier molecular flexibility index (Phi) is 5.76. The topological polar surface area (TPSA) is 65.5 Å². The van der Waals surface area contributed by atoms with Gasteiger partial charge in [-0.2, -0.15) is 0 Å². The average molecular weight is 265 g/mol. The molecule has 1 aromatic heterocycles. The van der Waals surface area contributed by atoms with E-state index in [1.165, 1.54) is 0 Å². The zero-order valence-corrected chi connectivity index (χ0v) is 12.1. The van der Waals surface area contributed by atoms with E-state index in [1.54, 1.807) is 24.1 Å². The van der Waals surface area contributed by atoms with Crippen molar-refractivity contribution in [3.05, 3.63) is 23.4 Å². The molecular weight excluding hydrogens is 242 g/mol. The molecule has 0 aliphatic carbocycles. The molecule has 1 atom stereocenters. The maximum absolute atomic E-state index is 12.3. The van der Waals surface area contributed by atoms with Gasteiger partial charge in [-0.15, -0.1) is 0 Å². The summed E-state index contributed by atoms with van der Waals surface area (Å²) in [7, 11) is 1.69. The van der Waals surface area contributed by atoms with Gasteiger partial charge < -0.3 is 15.3 Å². The van der Waals surface area contributed by atoms with E-state index in [0.29, 0.717) is 5.56 Å². The van der Waals surface area contributed by atoms with Gasteiger partial charge in [-0.3, -0.25) is 4.79 Å². The van der Waals surface area contributed by atoms with Crippen molar-refractivity contribution in [1.82, 2.24) is 9.88 Å². The minimum Gasteiger partial charge on any atom is -0.394 e. The molecule has 0 radical (unpaired) electrons. The third-order valence-corrected chi connectivity index (χ3v) is 3.00. The van der Waals surface area contributed by atoms with Gasteiger partial charge in [0.1, 0.15) is 5.82 Å². The Hall–Kier alpha value is -1.62. The van der Waals surface area contributed by atoms with Crippen molar-refractivity contribution >= 4 is 11.7 Å². The molecule has 0 fully saturated rings. The number of nitrogens with zero attached hydrogens (tertiary/aromatic N) is 2. The van der Waals surface area contributed by atoms with Crippen molar-refractivity contribution in [2.75, 3.05) is 25.5 Å².